The van der Waals surface area contributed by atoms with Crippen molar-refractivity contribution in [3.05, 3.63) is 58.7 Å². The van der Waals surface area contributed by atoms with E-state index in [4.69, 9.17) is 19.7 Å². The van der Waals surface area contributed by atoms with Crippen LogP contribution >= 0.6 is 47.3 Å². The fourth-order valence-electron chi connectivity index (χ4n) is 4.00. The molecule has 0 radical (unpaired) electrons. The molecule has 244 valence electrons. The van der Waals surface area contributed by atoms with Gasteiger partial charge >= 0.3 is 15.1 Å². The van der Waals surface area contributed by atoms with Crippen molar-refractivity contribution >= 4 is 74.2 Å². The molecule has 2 N–H and O–H groups in total. The first-order valence-electron chi connectivity index (χ1n) is 14.1. The Labute approximate surface area is 285 Å². The molecule has 0 aliphatic heterocycles. The van der Waals surface area contributed by atoms with Gasteiger partial charge in [-0.05, 0) is 62.1 Å². The van der Waals surface area contributed by atoms with Crippen LogP contribution in [0.5, 0.6) is 11.5 Å². The molecule has 10 nitrogen and oxygen atoms in total. The number of nitrogens with zero attached hydrogens (tertiary/aromatic N) is 2. The third-order valence-electron chi connectivity index (χ3n) is 5.82. The van der Waals surface area contributed by atoms with Crippen LogP contribution in [0.25, 0.3) is 0 Å². The maximum atomic E-state index is 12.4. The van der Waals surface area contributed by atoms with E-state index in [0.717, 1.165) is 25.7 Å². The average Bonchev–Trinajstić information content (AvgIpc) is 2.99. The second-order valence-corrected chi connectivity index (χ2v) is 15.8. The Kier molecular flexibility index (Phi) is 21.5. The summed E-state index contributed by atoms with van der Waals surface area (Å²) in [6.07, 6.45) is 3.45. The molecule has 0 unspecified atom stereocenters. The number of carbonyl (C=O) groups is 4. The lowest BCUT2D eigenvalue weighted by Crippen LogP contribution is -2.32. The van der Waals surface area contributed by atoms with Crippen molar-refractivity contribution in [2.75, 3.05) is 40.4 Å². The summed E-state index contributed by atoms with van der Waals surface area (Å²) in [5.74, 6) is -1.71. The lowest BCUT2D eigenvalue weighted by atomic mass is 10.1. The van der Waals surface area contributed by atoms with Crippen molar-refractivity contribution in [1.82, 2.24) is 9.80 Å². The van der Waals surface area contributed by atoms with Crippen LogP contribution in [0.3, 0.4) is 0 Å². The lowest BCUT2D eigenvalue weighted by Gasteiger charge is -2.22. The number of carboxylic acid groups (broad SMARTS) is 2. The highest BCUT2D eigenvalue weighted by molar-refractivity contribution is 9.69. The van der Waals surface area contributed by atoms with Gasteiger partial charge in [0.05, 0.1) is 25.3 Å². The first-order valence-corrected chi connectivity index (χ1v) is 16.9. The normalized spacial score (nSPS) is 9.84. The SMILES string of the molecule is BrB(Br)Br.CCCN(CCC)C(=O)c1cc(OC)cc(C(=O)O)c1.CCCN(CCC)C(=O)c1cc(OC)cc(C(=O)O)c1. The molecular weight excluding hydrogens is 767 g/mol. The minimum atomic E-state index is -1.07. The summed E-state index contributed by atoms with van der Waals surface area (Å²) in [4.78, 5) is 50.5. The molecule has 0 bridgehead atoms. The van der Waals surface area contributed by atoms with E-state index in [-0.39, 0.29) is 26.1 Å². The number of ether oxygens (including phenoxy) is 2. The van der Waals surface area contributed by atoms with Gasteiger partial charge in [0.1, 0.15) is 11.5 Å². The van der Waals surface area contributed by atoms with Gasteiger partial charge in [-0.2, -0.15) is 0 Å². The number of methoxy groups -OCH3 is 2. The van der Waals surface area contributed by atoms with Gasteiger partial charge in [-0.15, -0.1) is 47.3 Å². The Balaban J connectivity index is 0.000000749. The highest BCUT2D eigenvalue weighted by Gasteiger charge is 2.19. The zero-order valence-corrected chi connectivity index (χ0v) is 30.8. The summed E-state index contributed by atoms with van der Waals surface area (Å²) in [5.41, 5.74) is 0.814. The predicted octanol–water partition coefficient (Wildman–Crippen LogP) is 7.47. The summed E-state index contributed by atoms with van der Waals surface area (Å²) in [6.45, 7) is 10.7. The van der Waals surface area contributed by atoms with Gasteiger partial charge in [0.25, 0.3) is 11.8 Å². The molecule has 0 spiro atoms. The molecule has 2 amide bonds. The Hall–Kier alpha value is -2.58. The second kappa shape index (κ2) is 22.9. The van der Waals surface area contributed by atoms with E-state index in [9.17, 15) is 19.2 Å². The summed E-state index contributed by atoms with van der Waals surface area (Å²) in [7, 11) is 2.90. The molecule has 0 saturated carbocycles. The highest BCUT2D eigenvalue weighted by Crippen LogP contribution is 2.20. The Morgan fingerprint density at radius 1 is 0.591 bits per heavy atom. The Bertz CT molecular complexity index is 1110. The first kappa shape index (κ1) is 41.4. The minimum absolute atomic E-state index is 0.0562. The van der Waals surface area contributed by atoms with Crippen LogP contribution in [0.4, 0.5) is 0 Å². The van der Waals surface area contributed by atoms with Gasteiger partial charge in [-0.1, -0.05) is 27.7 Å². The van der Waals surface area contributed by atoms with E-state index in [1.165, 1.54) is 38.5 Å². The maximum absolute atomic E-state index is 12.4. The fourth-order valence-corrected chi connectivity index (χ4v) is 4.00. The fraction of sp³-hybridized carbons (Fsp3) is 0.467. The molecule has 0 aliphatic rings. The van der Waals surface area contributed by atoms with Crippen molar-refractivity contribution in [3.8, 4) is 11.5 Å². The molecule has 44 heavy (non-hydrogen) atoms. The quantitative estimate of drug-likeness (QED) is 0.188. The number of benzene rings is 2. The van der Waals surface area contributed by atoms with Gasteiger partial charge in [0, 0.05) is 37.3 Å². The number of hydrogen-bond donors (Lipinski definition) is 2. The maximum Gasteiger partial charge on any atom is 0.369 e. The molecular formula is C30H42BBr3N2O8. The summed E-state index contributed by atoms with van der Waals surface area (Å²) < 4.78 is 10.4. The molecule has 0 aliphatic carbocycles. The van der Waals surface area contributed by atoms with Crippen LogP contribution < -0.4 is 9.47 Å². The molecule has 0 aromatic heterocycles. The van der Waals surface area contributed by atoms with Gasteiger partial charge < -0.3 is 29.5 Å². The number of carbonyl (C=O) groups excluding carboxylic acids is 2. The van der Waals surface area contributed by atoms with Crippen molar-refractivity contribution in [3.63, 3.8) is 0 Å². The van der Waals surface area contributed by atoms with Gasteiger partial charge in [-0.3, -0.25) is 9.59 Å². The smallest absolute Gasteiger partial charge is 0.369 e. The van der Waals surface area contributed by atoms with Crippen LogP contribution in [-0.4, -0.2) is 87.3 Å². The number of aromatic carboxylic acids is 2. The van der Waals surface area contributed by atoms with Crippen LogP contribution in [-0.2, 0) is 0 Å². The van der Waals surface area contributed by atoms with Gasteiger partial charge in [-0.25, -0.2) is 9.59 Å². The molecule has 2 aromatic carbocycles. The van der Waals surface area contributed by atoms with Crippen LogP contribution in [0.15, 0.2) is 36.4 Å². The third kappa shape index (κ3) is 15.4. The number of carboxylic acids is 2. The largest absolute Gasteiger partial charge is 0.497 e. The molecule has 2 aromatic rings. The van der Waals surface area contributed by atoms with Crippen molar-refractivity contribution < 1.29 is 38.9 Å². The molecule has 2 rings (SSSR count). The number of rotatable bonds is 14. The van der Waals surface area contributed by atoms with E-state index in [1.807, 2.05) is 27.7 Å². The van der Waals surface area contributed by atoms with Crippen molar-refractivity contribution in [2.45, 2.75) is 53.4 Å². The zero-order chi connectivity index (χ0) is 33.8. The van der Waals surface area contributed by atoms with Gasteiger partial charge in [0.2, 0.25) is 0 Å². The van der Waals surface area contributed by atoms with Crippen LogP contribution in [0, 0.1) is 0 Å². The van der Waals surface area contributed by atoms with E-state index in [2.05, 4.69) is 47.3 Å². The highest BCUT2D eigenvalue weighted by atomic mass is 79.9. The predicted molar refractivity (Wildman–Crippen MR) is 185 cm³/mol. The second-order valence-electron chi connectivity index (χ2n) is 9.34. The van der Waals surface area contributed by atoms with Crippen molar-refractivity contribution in [2.24, 2.45) is 0 Å². The van der Waals surface area contributed by atoms with Crippen LogP contribution in [0.1, 0.15) is 94.8 Å². The topological polar surface area (TPSA) is 134 Å². The number of halogens is 3. The van der Waals surface area contributed by atoms with Crippen molar-refractivity contribution in [1.29, 1.82) is 0 Å². The van der Waals surface area contributed by atoms with Gasteiger partial charge in [0.15, 0.2) is 0 Å². The standard InChI is InChI=1S/2C15H21NO4.BBr3/c2*1-4-6-16(7-5-2)14(17)11-8-12(15(18)19)10-13(9-11)20-3;2-1(3)4/h2*8-10H,4-7H2,1-3H3,(H,18,19);. The monoisotopic (exact) mass is 806 g/mol. The number of hydrogen-bond acceptors (Lipinski definition) is 6. The average molecular weight is 809 g/mol. The minimum Gasteiger partial charge on any atom is -0.497 e. The molecule has 0 fully saturated rings. The van der Waals surface area contributed by atoms with E-state index in [0.29, 0.717) is 48.8 Å². The van der Waals surface area contributed by atoms with E-state index >= 15 is 0 Å². The summed E-state index contributed by atoms with van der Waals surface area (Å²) in [5, 5.41) is 18.2. The molecule has 0 saturated heterocycles. The molecule has 0 heterocycles. The van der Waals surface area contributed by atoms with E-state index in [1.54, 1.807) is 21.9 Å². The van der Waals surface area contributed by atoms with E-state index < -0.39 is 11.9 Å². The summed E-state index contributed by atoms with van der Waals surface area (Å²) >= 11 is 9.31. The first-order chi connectivity index (χ1) is 20.8. The molecule has 0 atom stereocenters. The third-order valence-corrected chi connectivity index (χ3v) is 5.82. The number of amides is 2. The van der Waals surface area contributed by atoms with Crippen LogP contribution in [0.2, 0.25) is 0 Å². The summed E-state index contributed by atoms with van der Waals surface area (Å²) in [6, 6.07) is 8.75. The molecule has 14 heteroatoms. The lowest BCUT2D eigenvalue weighted by molar-refractivity contribution is 0.0684. The zero-order valence-electron chi connectivity index (χ0n) is 26.1. The Morgan fingerprint density at radius 3 is 1.05 bits per heavy atom. The Morgan fingerprint density at radius 2 is 0.841 bits per heavy atom.